The molecule has 0 fully saturated rings. The van der Waals surface area contributed by atoms with E-state index >= 15 is 0 Å². The summed E-state index contributed by atoms with van der Waals surface area (Å²) in [5.74, 6) is 2.13. The molecule has 1 atom stereocenters. The van der Waals surface area contributed by atoms with Gasteiger partial charge in [-0.25, -0.2) is 4.68 Å². The number of nitrogens with one attached hydrogen (secondary N) is 2. The van der Waals surface area contributed by atoms with E-state index in [0.29, 0.717) is 23.3 Å². The summed E-state index contributed by atoms with van der Waals surface area (Å²) in [6.07, 6.45) is 1.02. The second-order valence-corrected chi connectivity index (χ2v) is 10.8. The summed E-state index contributed by atoms with van der Waals surface area (Å²) in [7, 11) is 0. The zero-order valence-electron chi connectivity index (χ0n) is 22.7. The number of aryl methyl sites for hydroxylation is 2. The summed E-state index contributed by atoms with van der Waals surface area (Å²) in [4.78, 5) is 18.4. The van der Waals surface area contributed by atoms with Crippen LogP contribution in [0, 0.1) is 13.8 Å². The Labute approximate surface area is 233 Å². The van der Waals surface area contributed by atoms with Gasteiger partial charge in [0.25, 0.3) is 5.91 Å². The predicted molar refractivity (Wildman–Crippen MR) is 157 cm³/mol. The van der Waals surface area contributed by atoms with Crippen molar-refractivity contribution in [3.8, 4) is 5.75 Å². The number of hydrogen-bond acceptors (Lipinski definition) is 6. The molecule has 1 aliphatic rings. The summed E-state index contributed by atoms with van der Waals surface area (Å²) in [5, 5.41) is 11.9. The third-order valence-electron chi connectivity index (χ3n) is 6.54. The lowest BCUT2D eigenvalue weighted by Gasteiger charge is -2.28. The molecule has 2 N–H and O–H groups in total. The molecule has 4 aromatic rings. The Morgan fingerprint density at radius 3 is 2.31 bits per heavy atom. The maximum atomic E-state index is 13.7. The molecule has 1 unspecified atom stereocenters. The van der Waals surface area contributed by atoms with Crippen LogP contribution in [0.1, 0.15) is 48.6 Å². The van der Waals surface area contributed by atoms with E-state index in [1.165, 1.54) is 5.56 Å². The highest BCUT2D eigenvalue weighted by Gasteiger charge is 2.34. The van der Waals surface area contributed by atoms with Gasteiger partial charge in [-0.1, -0.05) is 78.3 Å². The van der Waals surface area contributed by atoms with Gasteiger partial charge in [0.15, 0.2) is 0 Å². The zero-order valence-corrected chi connectivity index (χ0v) is 23.5. The number of allylic oxidation sites excluding steroid dienone is 1. The maximum absolute atomic E-state index is 13.7. The Bertz CT molecular complexity index is 1480. The third kappa shape index (κ3) is 6.17. The predicted octanol–water partition coefficient (Wildman–Crippen LogP) is 6.90. The molecule has 0 bridgehead atoms. The van der Waals surface area contributed by atoms with Crippen molar-refractivity contribution in [2.24, 2.45) is 0 Å². The van der Waals surface area contributed by atoms with Crippen molar-refractivity contribution in [2.75, 3.05) is 16.4 Å². The van der Waals surface area contributed by atoms with Gasteiger partial charge in [-0.05, 0) is 62.6 Å². The molecule has 0 aliphatic carbocycles. The molecule has 0 spiro atoms. The number of rotatable bonds is 9. The van der Waals surface area contributed by atoms with Crippen LogP contribution in [0.4, 0.5) is 11.6 Å². The number of amides is 1. The van der Waals surface area contributed by atoms with Crippen molar-refractivity contribution in [2.45, 2.75) is 51.9 Å². The molecule has 39 heavy (non-hydrogen) atoms. The van der Waals surface area contributed by atoms with Gasteiger partial charge in [0.05, 0.1) is 5.57 Å². The van der Waals surface area contributed by atoms with Gasteiger partial charge in [-0.2, -0.15) is 4.98 Å². The summed E-state index contributed by atoms with van der Waals surface area (Å²) in [6, 6.07) is 23.5. The molecule has 0 radical (unpaired) electrons. The molecular weight excluding hydrogens is 506 g/mol. The fourth-order valence-electron chi connectivity index (χ4n) is 4.42. The molecule has 1 aromatic heterocycles. The van der Waals surface area contributed by atoms with E-state index < -0.39 is 6.04 Å². The summed E-state index contributed by atoms with van der Waals surface area (Å²) < 4.78 is 7.85. The van der Waals surface area contributed by atoms with Crippen molar-refractivity contribution < 1.29 is 9.53 Å². The van der Waals surface area contributed by atoms with Crippen LogP contribution < -0.4 is 15.4 Å². The number of hydrogen-bond donors (Lipinski definition) is 2. The standard InChI is InChI=1S/C31H33N5O2S/c1-5-18-39-31-34-30-32-22(4)27(29(37)33-25-14-8-21(3)9-15-25)28(36(30)35-31)24-12-16-26(17-13-24)38-19-23-10-6-20(2)7-11-23/h6-17,28H,5,18-19H2,1-4H3,(H,33,37)(H,32,34,35). The highest BCUT2D eigenvalue weighted by atomic mass is 32.2. The minimum atomic E-state index is -0.443. The van der Waals surface area contributed by atoms with Gasteiger partial charge >= 0.3 is 0 Å². The van der Waals surface area contributed by atoms with E-state index in [0.717, 1.165) is 46.0 Å². The van der Waals surface area contributed by atoms with Crippen molar-refractivity contribution in [1.29, 1.82) is 0 Å². The molecule has 8 heteroatoms. The molecule has 5 rings (SSSR count). The van der Waals surface area contributed by atoms with Crippen LogP contribution >= 0.6 is 11.8 Å². The van der Waals surface area contributed by atoms with E-state index in [2.05, 4.69) is 48.7 Å². The normalized spacial score (nSPS) is 14.5. The van der Waals surface area contributed by atoms with Gasteiger partial charge in [0.2, 0.25) is 11.1 Å². The maximum Gasteiger partial charge on any atom is 0.255 e. The van der Waals surface area contributed by atoms with E-state index in [4.69, 9.17) is 14.8 Å². The first-order valence-corrected chi connectivity index (χ1v) is 14.1. The number of carbonyl (C=O) groups excluding carboxylic acids is 1. The average Bonchev–Trinajstić information content (AvgIpc) is 3.34. The number of ether oxygens (including phenoxy) is 1. The van der Waals surface area contributed by atoms with E-state index in [1.807, 2.05) is 67.1 Å². The average molecular weight is 540 g/mol. The highest BCUT2D eigenvalue weighted by molar-refractivity contribution is 7.99. The van der Waals surface area contributed by atoms with Crippen LogP contribution in [-0.4, -0.2) is 26.4 Å². The smallest absolute Gasteiger partial charge is 0.255 e. The fourth-order valence-corrected chi connectivity index (χ4v) is 5.10. The van der Waals surface area contributed by atoms with E-state index in [-0.39, 0.29) is 5.91 Å². The molecule has 1 aliphatic heterocycles. The Morgan fingerprint density at radius 2 is 1.64 bits per heavy atom. The van der Waals surface area contributed by atoms with Gasteiger partial charge in [0.1, 0.15) is 18.4 Å². The first-order chi connectivity index (χ1) is 18.9. The molecule has 2 heterocycles. The molecule has 7 nitrogen and oxygen atoms in total. The van der Waals surface area contributed by atoms with Crippen LogP contribution in [0.2, 0.25) is 0 Å². The van der Waals surface area contributed by atoms with Gasteiger partial charge < -0.3 is 15.4 Å². The van der Waals surface area contributed by atoms with Crippen LogP contribution in [0.3, 0.4) is 0 Å². The zero-order chi connectivity index (χ0) is 27.4. The van der Waals surface area contributed by atoms with E-state index in [1.54, 1.807) is 11.8 Å². The lowest BCUT2D eigenvalue weighted by Crippen LogP contribution is -2.31. The van der Waals surface area contributed by atoms with Gasteiger partial charge in [0, 0.05) is 17.1 Å². The second kappa shape index (κ2) is 11.8. The van der Waals surface area contributed by atoms with Crippen LogP contribution in [-0.2, 0) is 11.4 Å². The Balaban J connectivity index is 1.44. The minimum absolute atomic E-state index is 0.183. The van der Waals surface area contributed by atoms with Gasteiger partial charge in [-0.15, -0.1) is 5.10 Å². The number of aromatic nitrogens is 3. The topological polar surface area (TPSA) is 81.1 Å². The minimum Gasteiger partial charge on any atom is -0.489 e. The van der Waals surface area contributed by atoms with Gasteiger partial charge in [-0.3, -0.25) is 4.79 Å². The number of thioether (sulfide) groups is 1. The monoisotopic (exact) mass is 539 g/mol. The van der Waals surface area contributed by atoms with Crippen molar-refractivity contribution >= 4 is 29.3 Å². The van der Waals surface area contributed by atoms with Crippen molar-refractivity contribution in [3.63, 3.8) is 0 Å². The van der Waals surface area contributed by atoms with Crippen molar-refractivity contribution in [1.82, 2.24) is 14.8 Å². The number of nitrogens with zero attached hydrogens (tertiary/aromatic N) is 3. The molecule has 1 amide bonds. The number of benzene rings is 3. The first kappa shape index (κ1) is 26.6. The Hall–Kier alpha value is -4.04. The van der Waals surface area contributed by atoms with E-state index in [9.17, 15) is 4.79 Å². The summed E-state index contributed by atoms with van der Waals surface area (Å²) >= 11 is 1.61. The van der Waals surface area contributed by atoms with Crippen LogP contribution in [0.25, 0.3) is 0 Å². The molecular formula is C31H33N5O2S. The second-order valence-electron chi connectivity index (χ2n) is 9.74. The Kier molecular flexibility index (Phi) is 8.02. The number of fused-ring (bicyclic) bond motifs is 1. The molecule has 200 valence electrons. The van der Waals surface area contributed by atoms with Crippen molar-refractivity contribution in [3.05, 3.63) is 106 Å². The van der Waals surface area contributed by atoms with Crippen LogP contribution in [0.5, 0.6) is 5.75 Å². The first-order valence-electron chi connectivity index (χ1n) is 13.1. The SMILES string of the molecule is CCCSc1nc2n(n1)C(c1ccc(OCc3ccc(C)cc3)cc1)C(C(=O)Nc1ccc(C)cc1)=C(C)N2. The molecule has 0 saturated carbocycles. The van der Waals surface area contributed by atoms with Crippen LogP contribution in [0.15, 0.2) is 89.2 Å². The number of anilines is 2. The lowest BCUT2D eigenvalue weighted by atomic mass is 9.95. The lowest BCUT2D eigenvalue weighted by molar-refractivity contribution is -0.113. The quantitative estimate of drug-likeness (QED) is 0.225. The fraction of sp³-hybridized carbons (Fsp3) is 0.258. The highest BCUT2D eigenvalue weighted by Crippen LogP contribution is 2.37. The largest absolute Gasteiger partial charge is 0.489 e. The summed E-state index contributed by atoms with van der Waals surface area (Å²) in [6.45, 7) is 8.62. The Morgan fingerprint density at radius 1 is 0.974 bits per heavy atom. The molecule has 3 aromatic carbocycles. The summed E-state index contributed by atoms with van der Waals surface area (Å²) in [5.41, 5.74) is 6.47. The number of carbonyl (C=O) groups is 1. The molecule has 0 saturated heterocycles. The third-order valence-corrected chi connectivity index (χ3v) is 7.59.